The van der Waals surface area contributed by atoms with Gasteiger partial charge in [-0.25, -0.2) is 0 Å². The maximum atomic E-state index is 12.4. The Bertz CT molecular complexity index is 691. The van der Waals surface area contributed by atoms with Crippen LogP contribution in [0.15, 0.2) is 53.4 Å². The number of hydrogen-bond acceptors (Lipinski definition) is 3. The summed E-state index contributed by atoms with van der Waals surface area (Å²) < 4.78 is 5.95. The molecule has 2 aromatic carbocycles. The van der Waals surface area contributed by atoms with Crippen molar-refractivity contribution in [3.63, 3.8) is 0 Å². The lowest BCUT2D eigenvalue weighted by molar-refractivity contribution is -0.115. The Morgan fingerprint density at radius 3 is 2.36 bits per heavy atom. The topological polar surface area (TPSA) is 38.3 Å². The molecule has 1 amide bonds. The van der Waals surface area contributed by atoms with Gasteiger partial charge in [0.1, 0.15) is 5.75 Å². The maximum absolute atomic E-state index is 12.4. The third kappa shape index (κ3) is 5.27. The van der Waals surface area contributed by atoms with Crippen LogP contribution in [0.1, 0.15) is 38.2 Å². The second-order valence-corrected chi connectivity index (χ2v) is 8.03. The van der Waals surface area contributed by atoms with Crippen LogP contribution in [-0.2, 0) is 4.79 Å². The van der Waals surface area contributed by atoms with E-state index in [0.717, 1.165) is 29.2 Å². The fourth-order valence-electron chi connectivity index (χ4n) is 2.93. The third-order valence-electron chi connectivity index (χ3n) is 4.43. The van der Waals surface area contributed by atoms with Gasteiger partial charge in [-0.1, -0.05) is 17.7 Å². The van der Waals surface area contributed by atoms with Crippen LogP contribution >= 0.6 is 11.8 Å². The van der Waals surface area contributed by atoms with Gasteiger partial charge in [0.2, 0.25) is 5.91 Å². The number of carbonyl (C=O) groups excluding carboxylic acids is 1. The minimum absolute atomic E-state index is 0.00929. The van der Waals surface area contributed by atoms with Crippen LogP contribution in [-0.4, -0.2) is 17.3 Å². The van der Waals surface area contributed by atoms with Gasteiger partial charge in [0.05, 0.1) is 11.4 Å². The van der Waals surface area contributed by atoms with Crippen molar-refractivity contribution < 1.29 is 9.53 Å². The van der Waals surface area contributed by atoms with Crippen molar-refractivity contribution in [3.05, 3.63) is 54.1 Å². The van der Waals surface area contributed by atoms with Crippen LogP contribution in [0.3, 0.4) is 0 Å². The Kier molecular flexibility index (Phi) is 6.03. The average Bonchev–Trinajstić information content (AvgIpc) is 3.11. The Balaban J connectivity index is 1.51. The molecule has 1 fully saturated rings. The second kappa shape index (κ2) is 8.43. The van der Waals surface area contributed by atoms with Gasteiger partial charge in [-0.3, -0.25) is 4.79 Å². The summed E-state index contributed by atoms with van der Waals surface area (Å²) in [5.74, 6) is 0.891. The molecule has 0 heterocycles. The summed E-state index contributed by atoms with van der Waals surface area (Å²) in [6, 6.07) is 15.9. The van der Waals surface area contributed by atoms with E-state index in [2.05, 4.69) is 36.5 Å². The second-order valence-electron chi connectivity index (χ2n) is 6.61. The van der Waals surface area contributed by atoms with Crippen molar-refractivity contribution in [3.8, 4) is 5.75 Å². The maximum Gasteiger partial charge on any atom is 0.237 e. The quantitative estimate of drug-likeness (QED) is 0.702. The predicted molar refractivity (Wildman–Crippen MR) is 104 cm³/mol. The van der Waals surface area contributed by atoms with Crippen molar-refractivity contribution in [2.75, 3.05) is 5.32 Å². The zero-order valence-electron chi connectivity index (χ0n) is 14.8. The zero-order valence-corrected chi connectivity index (χ0v) is 15.6. The lowest BCUT2D eigenvalue weighted by Gasteiger charge is -2.15. The number of ether oxygens (including phenoxy) is 1. The first-order valence-electron chi connectivity index (χ1n) is 8.91. The summed E-state index contributed by atoms with van der Waals surface area (Å²) in [6.45, 7) is 3.99. The molecule has 1 atom stereocenters. The SMILES string of the molecule is Cc1ccc(SC(C)C(=O)Nc2ccc(OC3CCCC3)cc2)cc1. The normalized spacial score (nSPS) is 15.8. The molecule has 132 valence electrons. The number of thioether (sulfide) groups is 1. The molecule has 2 aromatic rings. The molecule has 0 bridgehead atoms. The lowest BCUT2D eigenvalue weighted by atomic mass is 10.2. The van der Waals surface area contributed by atoms with E-state index in [1.165, 1.54) is 18.4 Å². The number of benzene rings is 2. The van der Waals surface area contributed by atoms with Gasteiger partial charge in [-0.2, -0.15) is 0 Å². The Morgan fingerprint density at radius 1 is 1.08 bits per heavy atom. The molecular weight excluding hydrogens is 330 g/mol. The van der Waals surface area contributed by atoms with Gasteiger partial charge in [-0.05, 0) is 75.9 Å². The molecule has 0 spiro atoms. The summed E-state index contributed by atoms with van der Waals surface area (Å²) in [5, 5.41) is 2.82. The van der Waals surface area contributed by atoms with Crippen LogP contribution in [0.25, 0.3) is 0 Å². The summed E-state index contributed by atoms with van der Waals surface area (Å²) >= 11 is 1.57. The van der Waals surface area contributed by atoms with Crippen LogP contribution in [0.2, 0.25) is 0 Å². The number of anilines is 1. The number of amides is 1. The van der Waals surface area contributed by atoms with Crippen molar-refractivity contribution in [2.24, 2.45) is 0 Å². The molecule has 1 aliphatic rings. The van der Waals surface area contributed by atoms with E-state index >= 15 is 0 Å². The molecule has 3 rings (SSSR count). The van der Waals surface area contributed by atoms with Crippen LogP contribution in [0.4, 0.5) is 5.69 Å². The molecule has 0 aromatic heterocycles. The zero-order chi connectivity index (χ0) is 17.6. The highest BCUT2D eigenvalue weighted by molar-refractivity contribution is 8.00. The van der Waals surface area contributed by atoms with E-state index in [0.29, 0.717) is 6.10 Å². The number of rotatable bonds is 6. The first-order valence-corrected chi connectivity index (χ1v) is 9.79. The average molecular weight is 356 g/mol. The van der Waals surface area contributed by atoms with Gasteiger partial charge >= 0.3 is 0 Å². The first-order chi connectivity index (χ1) is 12.1. The van der Waals surface area contributed by atoms with Crippen LogP contribution in [0, 0.1) is 6.92 Å². The highest BCUT2D eigenvalue weighted by Gasteiger charge is 2.17. The molecular formula is C21H25NO2S. The van der Waals surface area contributed by atoms with Crippen molar-refractivity contribution in [2.45, 2.75) is 55.8 Å². The van der Waals surface area contributed by atoms with E-state index < -0.39 is 0 Å². The van der Waals surface area contributed by atoms with Gasteiger partial charge in [0.15, 0.2) is 0 Å². The minimum atomic E-state index is -0.155. The van der Waals surface area contributed by atoms with E-state index in [9.17, 15) is 4.79 Å². The third-order valence-corrected chi connectivity index (χ3v) is 5.54. The molecule has 1 aliphatic carbocycles. The smallest absolute Gasteiger partial charge is 0.237 e. The molecule has 25 heavy (non-hydrogen) atoms. The monoisotopic (exact) mass is 355 g/mol. The molecule has 4 heteroatoms. The molecule has 0 saturated heterocycles. The van der Waals surface area contributed by atoms with Crippen LogP contribution < -0.4 is 10.1 Å². The van der Waals surface area contributed by atoms with E-state index in [-0.39, 0.29) is 11.2 Å². The van der Waals surface area contributed by atoms with Gasteiger partial charge in [0, 0.05) is 10.6 Å². The Labute approximate surface area is 154 Å². The Hall–Kier alpha value is -1.94. The summed E-state index contributed by atoms with van der Waals surface area (Å²) in [6.07, 6.45) is 5.16. The van der Waals surface area contributed by atoms with Crippen molar-refractivity contribution in [1.82, 2.24) is 0 Å². The fourth-order valence-corrected chi connectivity index (χ4v) is 3.80. The van der Waals surface area contributed by atoms with Gasteiger partial charge < -0.3 is 10.1 Å². The van der Waals surface area contributed by atoms with E-state index in [1.54, 1.807) is 11.8 Å². The number of aryl methyl sites for hydroxylation is 1. The molecule has 0 radical (unpaired) electrons. The summed E-state index contributed by atoms with van der Waals surface area (Å²) in [7, 11) is 0. The molecule has 1 unspecified atom stereocenters. The number of nitrogens with one attached hydrogen (secondary N) is 1. The predicted octanol–water partition coefficient (Wildman–Crippen LogP) is 5.44. The standard InChI is InChI=1S/C21H25NO2S/c1-15-7-13-20(14-8-15)25-16(2)21(23)22-17-9-11-19(12-10-17)24-18-5-3-4-6-18/h7-14,16,18H,3-6H2,1-2H3,(H,22,23). The minimum Gasteiger partial charge on any atom is -0.490 e. The van der Waals surface area contributed by atoms with Crippen LogP contribution in [0.5, 0.6) is 5.75 Å². The number of hydrogen-bond donors (Lipinski definition) is 1. The summed E-state index contributed by atoms with van der Waals surface area (Å²) in [5.41, 5.74) is 2.03. The molecule has 3 nitrogen and oxygen atoms in total. The molecule has 1 saturated carbocycles. The first kappa shape index (κ1) is 17.9. The van der Waals surface area contributed by atoms with E-state index in [1.807, 2.05) is 31.2 Å². The fraction of sp³-hybridized carbons (Fsp3) is 0.381. The number of carbonyl (C=O) groups is 1. The lowest BCUT2D eigenvalue weighted by Crippen LogP contribution is -2.22. The largest absolute Gasteiger partial charge is 0.490 e. The van der Waals surface area contributed by atoms with Crippen molar-refractivity contribution in [1.29, 1.82) is 0 Å². The Morgan fingerprint density at radius 2 is 1.72 bits per heavy atom. The highest BCUT2D eigenvalue weighted by Crippen LogP contribution is 2.26. The van der Waals surface area contributed by atoms with Gasteiger partial charge in [0.25, 0.3) is 0 Å². The summed E-state index contributed by atoms with van der Waals surface area (Å²) in [4.78, 5) is 13.5. The van der Waals surface area contributed by atoms with Gasteiger partial charge in [-0.15, -0.1) is 11.8 Å². The van der Waals surface area contributed by atoms with E-state index in [4.69, 9.17) is 4.74 Å². The highest BCUT2D eigenvalue weighted by atomic mass is 32.2. The van der Waals surface area contributed by atoms with Crippen molar-refractivity contribution >= 4 is 23.4 Å². The molecule has 0 aliphatic heterocycles. The molecule has 1 N–H and O–H groups in total.